The van der Waals surface area contributed by atoms with Crippen LogP contribution in [0.5, 0.6) is 23.0 Å². The highest BCUT2D eigenvalue weighted by molar-refractivity contribution is 5.76. The molecule has 2 aromatic carbocycles. The summed E-state index contributed by atoms with van der Waals surface area (Å²) in [5.41, 5.74) is 1.40. The quantitative estimate of drug-likeness (QED) is 0.426. The highest BCUT2D eigenvalue weighted by atomic mass is 16.5. The number of carbonyl (C=O) groups is 1. The molecule has 0 aliphatic carbocycles. The molecule has 3 rings (SSSR count). The Balaban J connectivity index is 1.55. The average molecular weight is 513 g/mol. The molecule has 0 saturated heterocycles. The summed E-state index contributed by atoms with van der Waals surface area (Å²) in [6, 6.07) is 11.0. The van der Waals surface area contributed by atoms with Gasteiger partial charge >= 0.3 is 0 Å². The average Bonchev–Trinajstić information content (AvgIpc) is 2.93. The zero-order chi connectivity index (χ0) is 26.0. The van der Waals surface area contributed by atoms with E-state index in [1.165, 1.54) is 51.4 Å². The Morgan fingerprint density at radius 3 is 1.43 bits per heavy atom. The molecule has 204 valence electrons. The molecule has 6 heteroatoms. The molecule has 0 radical (unpaired) electrons. The Bertz CT molecular complexity index is 913. The number of aliphatic hydroxyl groups is 1. The van der Waals surface area contributed by atoms with Crippen molar-refractivity contribution in [1.82, 2.24) is 0 Å². The van der Waals surface area contributed by atoms with Gasteiger partial charge in [0.2, 0.25) is 0 Å². The standard InChI is InChI=1S/C31H44O6/c32-24-26-14-16-28-30(22-26)36-20-12-9-13-21-37-31-23-27(25-33)15-17-29(31)35-19-11-8-6-4-2-1-3-5-7-10-18-34-28/h14-17,22-24,33H,1-13,18-21,25H2. The minimum Gasteiger partial charge on any atom is -0.490 e. The molecule has 0 bridgehead atoms. The highest BCUT2D eigenvalue weighted by Crippen LogP contribution is 2.30. The molecule has 0 aromatic heterocycles. The van der Waals surface area contributed by atoms with Crippen LogP contribution in [0, 0.1) is 0 Å². The fourth-order valence-corrected chi connectivity index (χ4v) is 4.44. The largest absolute Gasteiger partial charge is 0.490 e. The van der Waals surface area contributed by atoms with Gasteiger partial charge in [-0.1, -0.05) is 57.4 Å². The third-order valence-corrected chi connectivity index (χ3v) is 6.65. The molecule has 1 aliphatic heterocycles. The van der Waals surface area contributed by atoms with E-state index in [2.05, 4.69) is 0 Å². The van der Waals surface area contributed by atoms with E-state index in [4.69, 9.17) is 18.9 Å². The number of rotatable bonds is 2. The zero-order valence-corrected chi connectivity index (χ0v) is 22.3. The summed E-state index contributed by atoms with van der Waals surface area (Å²) in [5, 5.41) is 9.52. The van der Waals surface area contributed by atoms with E-state index in [9.17, 15) is 9.90 Å². The van der Waals surface area contributed by atoms with Crippen LogP contribution in [0.1, 0.15) is 99.4 Å². The van der Waals surface area contributed by atoms with Gasteiger partial charge in [0.05, 0.1) is 33.0 Å². The molecule has 0 spiro atoms. The minimum absolute atomic E-state index is 0.0228. The van der Waals surface area contributed by atoms with E-state index in [0.717, 1.165) is 49.7 Å². The second-order valence-electron chi connectivity index (χ2n) is 9.75. The number of hydrogen-bond acceptors (Lipinski definition) is 6. The topological polar surface area (TPSA) is 74.2 Å². The lowest BCUT2D eigenvalue weighted by atomic mass is 10.1. The predicted molar refractivity (Wildman–Crippen MR) is 146 cm³/mol. The molecule has 0 amide bonds. The van der Waals surface area contributed by atoms with Gasteiger partial charge in [-0.2, -0.15) is 0 Å². The number of aliphatic hydroxyl groups excluding tert-OH is 1. The summed E-state index contributed by atoms with van der Waals surface area (Å²) in [6.45, 7) is 2.44. The second kappa shape index (κ2) is 17.7. The molecule has 1 aliphatic rings. The summed E-state index contributed by atoms with van der Waals surface area (Å²) >= 11 is 0. The van der Waals surface area contributed by atoms with E-state index in [1.807, 2.05) is 24.3 Å². The van der Waals surface area contributed by atoms with Crippen LogP contribution in [0.15, 0.2) is 36.4 Å². The van der Waals surface area contributed by atoms with Gasteiger partial charge in [-0.25, -0.2) is 0 Å². The molecule has 6 nitrogen and oxygen atoms in total. The van der Waals surface area contributed by atoms with E-state index in [1.54, 1.807) is 12.1 Å². The first-order valence-electron chi connectivity index (χ1n) is 14.1. The van der Waals surface area contributed by atoms with E-state index < -0.39 is 0 Å². The van der Waals surface area contributed by atoms with Crippen molar-refractivity contribution in [2.45, 2.75) is 90.1 Å². The SMILES string of the molecule is O=Cc1ccc2c(c1)OCCCCCOc1cc(CO)ccc1OCCCCCCCCCCCCO2. The maximum Gasteiger partial charge on any atom is 0.161 e. The molecule has 1 N–H and O–H groups in total. The van der Waals surface area contributed by atoms with Gasteiger partial charge in [-0.15, -0.1) is 0 Å². The molecular formula is C31H44O6. The Morgan fingerprint density at radius 1 is 0.541 bits per heavy atom. The smallest absolute Gasteiger partial charge is 0.161 e. The van der Waals surface area contributed by atoms with Crippen LogP contribution >= 0.6 is 0 Å². The van der Waals surface area contributed by atoms with Crippen molar-refractivity contribution in [1.29, 1.82) is 0 Å². The van der Waals surface area contributed by atoms with Crippen molar-refractivity contribution in [2.75, 3.05) is 26.4 Å². The lowest BCUT2D eigenvalue weighted by Crippen LogP contribution is -2.05. The van der Waals surface area contributed by atoms with Crippen LogP contribution < -0.4 is 18.9 Å². The van der Waals surface area contributed by atoms with Crippen molar-refractivity contribution in [3.05, 3.63) is 47.5 Å². The monoisotopic (exact) mass is 512 g/mol. The first-order chi connectivity index (χ1) is 18.3. The van der Waals surface area contributed by atoms with Crippen LogP contribution in [0.2, 0.25) is 0 Å². The maximum atomic E-state index is 11.2. The third-order valence-electron chi connectivity index (χ3n) is 6.65. The minimum atomic E-state index is -0.0228. The number of fused-ring (bicyclic) bond motifs is 2. The predicted octanol–water partition coefficient (Wildman–Crippen LogP) is 7.29. The zero-order valence-electron chi connectivity index (χ0n) is 22.3. The molecule has 2 aromatic rings. The van der Waals surface area contributed by atoms with Gasteiger partial charge < -0.3 is 24.1 Å². The van der Waals surface area contributed by atoms with Gasteiger partial charge in [-0.3, -0.25) is 4.79 Å². The summed E-state index contributed by atoms with van der Waals surface area (Å²) in [6.07, 6.45) is 15.6. The van der Waals surface area contributed by atoms with Crippen molar-refractivity contribution >= 4 is 6.29 Å². The van der Waals surface area contributed by atoms with E-state index in [0.29, 0.717) is 49.2 Å². The molecule has 0 fully saturated rings. The number of ether oxygens (including phenoxy) is 4. The number of carbonyl (C=O) groups excluding carboxylic acids is 1. The van der Waals surface area contributed by atoms with Crippen LogP contribution in [0.4, 0.5) is 0 Å². The van der Waals surface area contributed by atoms with Crippen LogP contribution in [0.3, 0.4) is 0 Å². The number of aldehydes is 1. The summed E-state index contributed by atoms with van der Waals surface area (Å²) in [4.78, 5) is 11.2. The van der Waals surface area contributed by atoms with Crippen molar-refractivity contribution in [3.63, 3.8) is 0 Å². The third kappa shape index (κ3) is 11.0. The second-order valence-corrected chi connectivity index (χ2v) is 9.75. The van der Waals surface area contributed by atoms with Crippen molar-refractivity contribution < 1.29 is 28.8 Å². The lowest BCUT2D eigenvalue weighted by molar-refractivity contribution is 0.112. The normalized spacial score (nSPS) is 17.6. The molecule has 1 heterocycles. The highest BCUT2D eigenvalue weighted by Gasteiger charge is 2.09. The van der Waals surface area contributed by atoms with Crippen LogP contribution in [0.25, 0.3) is 0 Å². The van der Waals surface area contributed by atoms with Gasteiger partial charge in [0, 0.05) is 5.56 Å². The maximum absolute atomic E-state index is 11.2. The fraction of sp³-hybridized carbons (Fsp3) is 0.581. The molecule has 0 unspecified atom stereocenters. The summed E-state index contributed by atoms with van der Waals surface area (Å²) in [7, 11) is 0. The lowest BCUT2D eigenvalue weighted by Gasteiger charge is -2.14. The van der Waals surface area contributed by atoms with Gasteiger partial charge in [0.25, 0.3) is 0 Å². The Morgan fingerprint density at radius 2 is 0.946 bits per heavy atom. The van der Waals surface area contributed by atoms with E-state index in [-0.39, 0.29) is 6.61 Å². The molecule has 0 saturated carbocycles. The van der Waals surface area contributed by atoms with Gasteiger partial charge in [0.1, 0.15) is 6.29 Å². The molecule has 37 heavy (non-hydrogen) atoms. The Kier molecular flexibility index (Phi) is 13.8. The van der Waals surface area contributed by atoms with Crippen LogP contribution in [-0.4, -0.2) is 37.8 Å². The van der Waals surface area contributed by atoms with Gasteiger partial charge in [-0.05, 0) is 68.0 Å². The Labute approximate surface area is 222 Å². The van der Waals surface area contributed by atoms with Crippen molar-refractivity contribution in [3.8, 4) is 23.0 Å². The van der Waals surface area contributed by atoms with Crippen molar-refractivity contribution in [2.24, 2.45) is 0 Å². The van der Waals surface area contributed by atoms with E-state index >= 15 is 0 Å². The number of hydrogen-bond donors (Lipinski definition) is 1. The molecular weight excluding hydrogens is 468 g/mol. The number of benzene rings is 2. The first-order valence-corrected chi connectivity index (χ1v) is 14.1. The summed E-state index contributed by atoms with van der Waals surface area (Å²) in [5.74, 6) is 2.78. The summed E-state index contributed by atoms with van der Waals surface area (Å²) < 4.78 is 24.0. The first kappa shape index (κ1) is 28.8. The fourth-order valence-electron chi connectivity index (χ4n) is 4.44. The Hall–Kier alpha value is -2.73. The van der Waals surface area contributed by atoms with Crippen LogP contribution in [-0.2, 0) is 6.61 Å². The molecule has 0 atom stereocenters. The van der Waals surface area contributed by atoms with Gasteiger partial charge in [0.15, 0.2) is 23.0 Å².